The van der Waals surface area contributed by atoms with Crippen LogP contribution in [0.2, 0.25) is 0 Å². The van der Waals surface area contributed by atoms with E-state index < -0.39 is 29.5 Å². The number of methoxy groups -OCH3 is 1. The van der Waals surface area contributed by atoms with Crippen molar-refractivity contribution in [2.24, 2.45) is 5.92 Å². The van der Waals surface area contributed by atoms with Crippen LogP contribution in [0.25, 0.3) is 0 Å². The van der Waals surface area contributed by atoms with Crippen molar-refractivity contribution in [3.05, 3.63) is 112 Å². The predicted molar refractivity (Wildman–Crippen MR) is 214 cm³/mol. The van der Waals surface area contributed by atoms with E-state index in [4.69, 9.17) is 9.47 Å². The van der Waals surface area contributed by atoms with Crippen LogP contribution in [-0.4, -0.2) is 98.2 Å². The van der Waals surface area contributed by atoms with Crippen molar-refractivity contribution < 1.29 is 37.7 Å². The molecular formula is C45H47F2N5O6. The molecule has 13 heteroatoms. The van der Waals surface area contributed by atoms with Gasteiger partial charge in [-0.15, -0.1) is 0 Å². The number of fused-ring (bicyclic) bond motifs is 2. The fourth-order valence-electron chi connectivity index (χ4n) is 9.69. The van der Waals surface area contributed by atoms with Crippen molar-refractivity contribution in [3.8, 4) is 17.2 Å². The van der Waals surface area contributed by atoms with Crippen LogP contribution in [0, 0.1) is 17.6 Å². The van der Waals surface area contributed by atoms with Crippen molar-refractivity contribution in [2.75, 3.05) is 69.3 Å². The van der Waals surface area contributed by atoms with E-state index in [2.05, 4.69) is 21.2 Å². The summed E-state index contributed by atoms with van der Waals surface area (Å²) in [4.78, 5) is 45.5. The van der Waals surface area contributed by atoms with E-state index >= 15 is 8.78 Å². The average molecular weight is 792 g/mol. The average Bonchev–Trinajstić information content (AvgIpc) is 3.55. The van der Waals surface area contributed by atoms with Gasteiger partial charge in [-0.25, -0.2) is 8.78 Å². The van der Waals surface area contributed by atoms with Crippen LogP contribution in [0.4, 0.5) is 20.2 Å². The van der Waals surface area contributed by atoms with Crippen molar-refractivity contribution >= 4 is 29.1 Å². The first kappa shape index (κ1) is 37.9. The molecule has 0 radical (unpaired) electrons. The molecule has 3 atom stereocenters. The zero-order valence-electron chi connectivity index (χ0n) is 32.5. The number of nitrogens with zero attached hydrogens (tertiary/aromatic N) is 4. The number of phenols is 1. The Morgan fingerprint density at radius 3 is 2.36 bits per heavy atom. The highest BCUT2D eigenvalue weighted by molar-refractivity contribution is 6.05. The molecule has 0 saturated carbocycles. The van der Waals surface area contributed by atoms with Gasteiger partial charge < -0.3 is 29.3 Å². The molecule has 3 saturated heterocycles. The number of carbonyl (C=O) groups is 3. The molecule has 4 aromatic rings. The zero-order chi connectivity index (χ0) is 40.1. The van der Waals surface area contributed by atoms with E-state index in [1.165, 1.54) is 12.1 Å². The number of imide groups is 1. The largest absolute Gasteiger partial charge is 0.508 e. The van der Waals surface area contributed by atoms with Crippen molar-refractivity contribution in [2.45, 2.75) is 50.1 Å². The van der Waals surface area contributed by atoms with Gasteiger partial charge in [0, 0.05) is 93.5 Å². The Morgan fingerprint density at radius 1 is 0.845 bits per heavy atom. The maximum absolute atomic E-state index is 16.2. The molecule has 58 heavy (non-hydrogen) atoms. The molecule has 9 rings (SSSR count). The molecule has 11 nitrogen and oxygen atoms in total. The number of anilines is 2. The fraction of sp³-hybridized carbons (Fsp3) is 0.400. The molecule has 302 valence electrons. The summed E-state index contributed by atoms with van der Waals surface area (Å²) in [7, 11) is 1.60. The second-order valence-corrected chi connectivity index (χ2v) is 16.2. The summed E-state index contributed by atoms with van der Waals surface area (Å²) < 4.78 is 43.9. The zero-order valence-corrected chi connectivity index (χ0v) is 32.5. The number of nitrogens with one attached hydrogen (secondary N) is 1. The summed E-state index contributed by atoms with van der Waals surface area (Å²) >= 11 is 0. The Hall–Kier alpha value is -5.69. The van der Waals surface area contributed by atoms with Crippen LogP contribution in [0.15, 0.2) is 72.8 Å². The van der Waals surface area contributed by atoms with Gasteiger partial charge in [0.25, 0.3) is 5.91 Å². The second-order valence-electron chi connectivity index (χ2n) is 16.2. The third kappa shape index (κ3) is 7.20. The van der Waals surface area contributed by atoms with Gasteiger partial charge in [0.15, 0.2) is 0 Å². The van der Waals surface area contributed by atoms with Crippen LogP contribution >= 0.6 is 0 Å². The number of piperidine rings is 2. The Kier molecular flexibility index (Phi) is 10.2. The minimum atomic E-state index is -0.632. The van der Waals surface area contributed by atoms with Crippen LogP contribution in [0.1, 0.15) is 70.1 Å². The van der Waals surface area contributed by atoms with Crippen molar-refractivity contribution in [3.63, 3.8) is 0 Å². The summed E-state index contributed by atoms with van der Waals surface area (Å²) in [6.45, 7) is 6.11. The minimum Gasteiger partial charge on any atom is -0.508 e. The highest BCUT2D eigenvalue weighted by Crippen LogP contribution is 2.48. The highest BCUT2D eigenvalue weighted by Gasteiger charge is 2.40. The third-order valence-corrected chi connectivity index (χ3v) is 12.8. The molecule has 1 unspecified atom stereocenters. The minimum absolute atomic E-state index is 0.0167. The van der Waals surface area contributed by atoms with Gasteiger partial charge in [0.2, 0.25) is 11.8 Å². The standard InChI is InChI=1S/C45H47F2N5O6/c1-57-33-4-2-3-28(20-33)36-26-58-40-23-32(53)6-8-35(40)42(36)29-21-37(46)43(38(47)22-29)51-13-11-27(12-14-51)24-49-15-17-50(18-16-49)31-5-7-34-30(19-31)25-52(45(34)56)39-9-10-41(54)48-44(39)55/h2-8,19-23,27,36,39,42,53H,9-18,24-26H2,1H3,(H,48,54,55)/t36-,39+,42?/m1/s1. The molecule has 0 aliphatic carbocycles. The van der Waals surface area contributed by atoms with Crippen molar-refractivity contribution in [1.82, 2.24) is 15.1 Å². The monoisotopic (exact) mass is 791 g/mol. The smallest absolute Gasteiger partial charge is 0.255 e. The number of ether oxygens (including phenoxy) is 2. The summed E-state index contributed by atoms with van der Waals surface area (Å²) in [6.07, 6.45) is 2.23. The summed E-state index contributed by atoms with van der Waals surface area (Å²) in [6, 6.07) is 20.8. The Labute approximate surface area is 336 Å². The van der Waals surface area contributed by atoms with Gasteiger partial charge in [-0.05, 0) is 90.4 Å². The number of carbonyl (C=O) groups excluding carboxylic acids is 3. The predicted octanol–water partition coefficient (Wildman–Crippen LogP) is 5.79. The van der Waals surface area contributed by atoms with Gasteiger partial charge in [0.1, 0.15) is 40.6 Å². The summed E-state index contributed by atoms with van der Waals surface area (Å²) in [5.74, 6) is -1.04. The molecule has 0 bridgehead atoms. The normalized spacial score (nSPS) is 22.7. The van der Waals surface area contributed by atoms with E-state index in [0.717, 1.165) is 67.9 Å². The Balaban J connectivity index is 0.818. The number of hydrogen-bond acceptors (Lipinski definition) is 9. The number of benzene rings is 4. The second kappa shape index (κ2) is 15.6. The maximum Gasteiger partial charge on any atom is 0.255 e. The number of amides is 3. The third-order valence-electron chi connectivity index (χ3n) is 12.8. The lowest BCUT2D eigenvalue weighted by molar-refractivity contribution is -0.136. The molecule has 0 spiro atoms. The molecule has 5 aliphatic heterocycles. The first-order chi connectivity index (χ1) is 28.1. The van der Waals surface area contributed by atoms with Gasteiger partial charge in [-0.2, -0.15) is 0 Å². The van der Waals surface area contributed by atoms with Gasteiger partial charge in [-0.3, -0.25) is 24.6 Å². The molecule has 3 amide bonds. The van der Waals surface area contributed by atoms with E-state index in [-0.39, 0.29) is 42.2 Å². The summed E-state index contributed by atoms with van der Waals surface area (Å²) in [5.41, 5.74) is 4.78. The van der Waals surface area contributed by atoms with Gasteiger partial charge in [0.05, 0.1) is 13.7 Å². The maximum atomic E-state index is 16.2. The topological polar surface area (TPSA) is 115 Å². The number of phenolic OH excluding ortho intramolecular Hbond substituents is 1. The SMILES string of the molecule is COc1cccc([C@H]2COc3cc(O)ccc3C2c2cc(F)c(N3CCC(CN4CCN(c5ccc6c(c5)CN([C@H]5CCC(=O)NC5=O)C6=O)CC4)CC3)c(F)c2)c1. The van der Waals surface area contributed by atoms with Crippen LogP contribution < -0.4 is 24.6 Å². The lowest BCUT2D eigenvalue weighted by atomic mass is 9.75. The summed E-state index contributed by atoms with van der Waals surface area (Å²) in [5, 5.41) is 12.5. The van der Waals surface area contributed by atoms with Gasteiger partial charge in [-0.1, -0.05) is 18.2 Å². The Morgan fingerprint density at radius 2 is 1.62 bits per heavy atom. The van der Waals surface area contributed by atoms with Gasteiger partial charge >= 0.3 is 0 Å². The van der Waals surface area contributed by atoms with Crippen molar-refractivity contribution in [1.29, 1.82) is 0 Å². The van der Waals surface area contributed by atoms with E-state index in [1.807, 2.05) is 41.3 Å². The fourth-order valence-corrected chi connectivity index (χ4v) is 9.69. The number of halogens is 2. The highest BCUT2D eigenvalue weighted by atomic mass is 19.1. The number of aromatic hydroxyl groups is 1. The van der Waals surface area contributed by atoms with E-state index in [9.17, 15) is 19.5 Å². The molecule has 4 aromatic carbocycles. The number of piperazine rings is 1. The molecule has 3 fully saturated rings. The molecule has 2 N–H and O–H groups in total. The quantitative estimate of drug-likeness (QED) is 0.214. The Bertz CT molecular complexity index is 2230. The first-order valence-electron chi connectivity index (χ1n) is 20.2. The first-order valence-corrected chi connectivity index (χ1v) is 20.2. The van der Waals surface area contributed by atoms with E-state index in [1.54, 1.807) is 30.2 Å². The van der Waals surface area contributed by atoms with E-state index in [0.29, 0.717) is 54.6 Å². The molecule has 0 aromatic heterocycles. The lowest BCUT2D eigenvalue weighted by Crippen LogP contribution is -2.52. The lowest BCUT2D eigenvalue weighted by Gasteiger charge is -2.40. The molecule has 5 aliphatic rings. The molecular weight excluding hydrogens is 745 g/mol. The number of hydrogen-bond donors (Lipinski definition) is 2. The van der Waals surface area contributed by atoms with Crippen LogP contribution in [0.5, 0.6) is 17.2 Å². The van der Waals surface area contributed by atoms with Crippen LogP contribution in [-0.2, 0) is 16.1 Å². The number of rotatable bonds is 8. The van der Waals surface area contributed by atoms with Crippen LogP contribution in [0.3, 0.4) is 0 Å². The molecule has 5 heterocycles.